The van der Waals surface area contributed by atoms with Crippen LogP contribution in [0.25, 0.3) is 0 Å². The number of nitrogen functional groups attached to an aromatic ring is 1. The van der Waals surface area contributed by atoms with Gasteiger partial charge in [-0.1, -0.05) is 13.8 Å². The van der Waals surface area contributed by atoms with E-state index < -0.39 is 0 Å². The molecule has 1 aromatic rings. The highest BCUT2D eigenvalue weighted by Crippen LogP contribution is 2.21. The Labute approximate surface area is 114 Å². The summed E-state index contributed by atoms with van der Waals surface area (Å²) in [6, 6.07) is 2.07. The number of amidine groups is 1. The Kier molecular flexibility index (Phi) is 6.21. The van der Waals surface area contributed by atoms with E-state index in [4.69, 9.17) is 15.9 Å². The first-order valence-electron chi connectivity index (χ1n) is 6.57. The van der Waals surface area contributed by atoms with Crippen molar-refractivity contribution in [1.29, 1.82) is 5.41 Å². The number of methoxy groups -OCH3 is 1. The normalized spacial score (nSPS) is 10.7. The molecule has 0 aliphatic carbocycles. The van der Waals surface area contributed by atoms with Crippen molar-refractivity contribution >= 4 is 11.7 Å². The zero-order valence-corrected chi connectivity index (χ0v) is 11.9. The molecule has 0 unspecified atom stereocenters. The third-order valence-corrected chi connectivity index (χ3v) is 3.18. The van der Waals surface area contributed by atoms with E-state index in [0.717, 1.165) is 12.8 Å². The second kappa shape index (κ2) is 7.68. The molecule has 0 saturated heterocycles. The van der Waals surface area contributed by atoms with Crippen LogP contribution in [0, 0.1) is 5.41 Å². The van der Waals surface area contributed by atoms with Gasteiger partial charge < -0.3 is 15.4 Å². The number of hydrogen-bond acceptors (Lipinski definition) is 5. The minimum absolute atomic E-state index is 0.0123. The molecule has 0 aromatic carbocycles. The number of hydrogen-bond donors (Lipinski definition) is 2. The Balaban J connectivity index is 3.12. The average molecular weight is 265 g/mol. The molecule has 0 aliphatic heterocycles. The average Bonchev–Trinajstić information content (AvgIpc) is 2.43. The van der Waals surface area contributed by atoms with E-state index in [1.807, 2.05) is 0 Å². The molecule has 0 fully saturated rings. The fourth-order valence-electron chi connectivity index (χ4n) is 2.13. The maximum Gasteiger partial charge on any atom is 0.162 e. The van der Waals surface area contributed by atoms with Crippen molar-refractivity contribution in [1.82, 2.24) is 10.2 Å². The second-order valence-electron chi connectivity index (χ2n) is 4.34. The first kappa shape index (κ1) is 15.4. The lowest BCUT2D eigenvalue weighted by Gasteiger charge is -2.32. The van der Waals surface area contributed by atoms with E-state index in [1.54, 1.807) is 19.4 Å². The third kappa shape index (κ3) is 3.89. The van der Waals surface area contributed by atoms with Gasteiger partial charge in [-0.25, -0.2) is 0 Å². The summed E-state index contributed by atoms with van der Waals surface area (Å²) in [6.07, 6.45) is 3.55. The topological polar surface area (TPSA) is 88.1 Å². The van der Waals surface area contributed by atoms with E-state index in [-0.39, 0.29) is 5.84 Å². The lowest BCUT2D eigenvalue weighted by atomic mass is 10.1. The number of ether oxygens (including phenoxy) is 1. The summed E-state index contributed by atoms with van der Waals surface area (Å²) in [5.41, 5.74) is 6.24. The summed E-state index contributed by atoms with van der Waals surface area (Å²) < 4.78 is 5.16. The SMILES string of the molecule is CCC(CC)N(CCOC)c1nnccc1C(=N)N. The summed E-state index contributed by atoms with van der Waals surface area (Å²) in [4.78, 5) is 2.13. The van der Waals surface area contributed by atoms with Gasteiger partial charge in [0.15, 0.2) is 5.82 Å². The molecule has 0 bridgehead atoms. The largest absolute Gasteiger partial charge is 0.384 e. The molecule has 1 rings (SSSR count). The maximum atomic E-state index is 7.65. The fourth-order valence-corrected chi connectivity index (χ4v) is 2.13. The highest BCUT2D eigenvalue weighted by molar-refractivity contribution is 5.99. The van der Waals surface area contributed by atoms with E-state index >= 15 is 0 Å². The van der Waals surface area contributed by atoms with Gasteiger partial charge in [0.2, 0.25) is 0 Å². The van der Waals surface area contributed by atoms with Crippen LogP contribution in [0.5, 0.6) is 0 Å². The predicted octanol–water partition coefficient (Wildman–Crippen LogP) is 1.40. The summed E-state index contributed by atoms with van der Waals surface area (Å²) in [6.45, 7) is 5.59. The highest BCUT2D eigenvalue weighted by atomic mass is 16.5. The first-order valence-corrected chi connectivity index (χ1v) is 6.57. The minimum Gasteiger partial charge on any atom is -0.384 e. The van der Waals surface area contributed by atoms with Gasteiger partial charge in [-0.05, 0) is 18.9 Å². The van der Waals surface area contributed by atoms with Crippen LogP contribution in [0.2, 0.25) is 0 Å². The molecule has 0 saturated carbocycles. The molecule has 3 N–H and O–H groups in total. The Bertz CT molecular complexity index is 406. The Morgan fingerprint density at radius 2 is 2.16 bits per heavy atom. The predicted molar refractivity (Wildman–Crippen MR) is 76.6 cm³/mol. The van der Waals surface area contributed by atoms with Gasteiger partial charge in [0.05, 0.1) is 18.4 Å². The summed E-state index contributed by atoms with van der Waals surface area (Å²) in [5.74, 6) is 0.680. The summed E-state index contributed by atoms with van der Waals surface area (Å²) in [7, 11) is 1.67. The molecule has 0 aliphatic rings. The molecule has 0 atom stereocenters. The molecule has 6 nitrogen and oxygen atoms in total. The van der Waals surface area contributed by atoms with Gasteiger partial charge in [0.25, 0.3) is 0 Å². The van der Waals surface area contributed by atoms with Crippen LogP contribution in [-0.4, -0.2) is 42.3 Å². The van der Waals surface area contributed by atoms with Gasteiger partial charge in [-0.2, -0.15) is 5.10 Å². The van der Waals surface area contributed by atoms with Crippen LogP contribution in [0.4, 0.5) is 5.82 Å². The van der Waals surface area contributed by atoms with E-state index in [1.165, 1.54) is 0 Å². The molecule has 1 aromatic heterocycles. The zero-order valence-electron chi connectivity index (χ0n) is 11.9. The zero-order chi connectivity index (χ0) is 14.3. The molecular weight excluding hydrogens is 242 g/mol. The van der Waals surface area contributed by atoms with Crippen LogP contribution in [0.3, 0.4) is 0 Å². The number of nitrogens with zero attached hydrogens (tertiary/aromatic N) is 3. The minimum atomic E-state index is 0.0123. The summed E-state index contributed by atoms with van der Waals surface area (Å²) in [5, 5.41) is 15.7. The lowest BCUT2D eigenvalue weighted by Crippen LogP contribution is -2.39. The quantitative estimate of drug-likeness (QED) is 0.548. The van der Waals surface area contributed by atoms with Crippen molar-refractivity contribution in [3.63, 3.8) is 0 Å². The van der Waals surface area contributed by atoms with Gasteiger partial charge in [-0.3, -0.25) is 5.41 Å². The van der Waals surface area contributed by atoms with Crippen LogP contribution in [0.1, 0.15) is 32.3 Å². The number of nitrogens with one attached hydrogen (secondary N) is 1. The number of anilines is 1. The van der Waals surface area contributed by atoms with Gasteiger partial charge in [-0.15, -0.1) is 5.10 Å². The van der Waals surface area contributed by atoms with Crippen LogP contribution >= 0.6 is 0 Å². The Morgan fingerprint density at radius 1 is 1.47 bits per heavy atom. The van der Waals surface area contributed by atoms with Crippen LogP contribution in [-0.2, 0) is 4.74 Å². The molecular formula is C13H23N5O. The number of aromatic nitrogens is 2. The summed E-state index contributed by atoms with van der Waals surface area (Å²) >= 11 is 0. The Morgan fingerprint density at radius 3 is 2.68 bits per heavy atom. The lowest BCUT2D eigenvalue weighted by molar-refractivity contribution is 0.202. The van der Waals surface area contributed by atoms with Gasteiger partial charge in [0, 0.05) is 19.7 Å². The standard InChI is InChI=1S/C13H23N5O/c1-4-10(5-2)18(8-9-19-3)13-11(12(14)15)6-7-16-17-13/h6-7,10H,4-5,8-9H2,1-3H3,(H3,14,15). The van der Waals surface area contributed by atoms with Crippen molar-refractivity contribution in [3.8, 4) is 0 Å². The molecule has 1 heterocycles. The van der Waals surface area contributed by atoms with Crippen molar-refractivity contribution < 1.29 is 4.74 Å². The van der Waals surface area contributed by atoms with Crippen LogP contribution in [0.15, 0.2) is 12.3 Å². The smallest absolute Gasteiger partial charge is 0.162 e. The van der Waals surface area contributed by atoms with Crippen molar-refractivity contribution in [2.45, 2.75) is 32.7 Å². The van der Waals surface area contributed by atoms with E-state index in [9.17, 15) is 0 Å². The van der Waals surface area contributed by atoms with Gasteiger partial charge in [0.1, 0.15) is 5.84 Å². The van der Waals surface area contributed by atoms with E-state index in [0.29, 0.717) is 30.6 Å². The third-order valence-electron chi connectivity index (χ3n) is 3.18. The van der Waals surface area contributed by atoms with Crippen molar-refractivity contribution in [2.75, 3.05) is 25.2 Å². The van der Waals surface area contributed by atoms with Crippen molar-refractivity contribution in [2.24, 2.45) is 5.73 Å². The number of rotatable bonds is 8. The second-order valence-corrected chi connectivity index (χ2v) is 4.34. The molecule has 0 spiro atoms. The van der Waals surface area contributed by atoms with E-state index in [2.05, 4.69) is 28.9 Å². The van der Waals surface area contributed by atoms with Gasteiger partial charge >= 0.3 is 0 Å². The highest BCUT2D eigenvalue weighted by Gasteiger charge is 2.21. The monoisotopic (exact) mass is 265 g/mol. The first-order chi connectivity index (χ1) is 9.15. The van der Waals surface area contributed by atoms with Crippen molar-refractivity contribution in [3.05, 3.63) is 17.8 Å². The maximum absolute atomic E-state index is 7.65. The molecule has 0 radical (unpaired) electrons. The molecule has 19 heavy (non-hydrogen) atoms. The molecule has 6 heteroatoms. The number of nitrogens with two attached hydrogens (primary N) is 1. The van der Waals surface area contributed by atoms with Crippen LogP contribution < -0.4 is 10.6 Å². The molecule has 0 amide bonds. The Hall–Kier alpha value is -1.69. The fraction of sp³-hybridized carbons (Fsp3) is 0.615. The molecule has 106 valence electrons.